The van der Waals surface area contributed by atoms with Gasteiger partial charge in [-0.05, 0) is 24.8 Å². The summed E-state index contributed by atoms with van der Waals surface area (Å²) in [6, 6.07) is 0. The van der Waals surface area contributed by atoms with Gasteiger partial charge in [-0.2, -0.15) is 5.10 Å². The van der Waals surface area contributed by atoms with Gasteiger partial charge in [-0.15, -0.1) is 0 Å². The van der Waals surface area contributed by atoms with Crippen LogP contribution in [-0.4, -0.2) is 20.5 Å². The molecule has 2 heterocycles. The third-order valence-electron chi connectivity index (χ3n) is 2.84. The molecule has 0 spiro atoms. The topological polar surface area (TPSA) is 73.3 Å². The monoisotopic (exact) mass is 202 g/mol. The Balaban J connectivity index is 2.35. The van der Waals surface area contributed by atoms with Crippen molar-refractivity contribution in [3.63, 3.8) is 0 Å². The molecule has 1 amide bonds. The lowest BCUT2D eigenvalue weighted by molar-refractivity contribution is 0.100. The Bertz CT molecular complexity index is 558. The normalized spacial score (nSPS) is 14.4. The van der Waals surface area contributed by atoms with Crippen LogP contribution in [0.3, 0.4) is 0 Å². The van der Waals surface area contributed by atoms with Crippen LogP contribution in [0.15, 0.2) is 12.4 Å². The molecule has 5 heteroatoms. The van der Waals surface area contributed by atoms with Gasteiger partial charge in [0.2, 0.25) is 0 Å². The molecule has 0 radical (unpaired) electrons. The number of rotatable bonds is 1. The maximum Gasteiger partial charge on any atom is 0.254 e. The second-order valence-electron chi connectivity index (χ2n) is 3.74. The van der Waals surface area contributed by atoms with Crippen LogP contribution >= 0.6 is 0 Å². The van der Waals surface area contributed by atoms with Crippen molar-refractivity contribution in [1.82, 2.24) is 14.6 Å². The van der Waals surface area contributed by atoms with E-state index in [1.807, 2.05) is 6.20 Å². The van der Waals surface area contributed by atoms with Crippen LogP contribution in [0, 0.1) is 0 Å². The van der Waals surface area contributed by atoms with Crippen molar-refractivity contribution in [3.05, 3.63) is 29.2 Å². The molecule has 2 N–H and O–H groups in total. The fraction of sp³-hybridized carbons (Fsp3) is 0.300. The van der Waals surface area contributed by atoms with Crippen LogP contribution in [0.2, 0.25) is 0 Å². The van der Waals surface area contributed by atoms with Crippen molar-refractivity contribution >= 4 is 11.6 Å². The van der Waals surface area contributed by atoms with Crippen molar-refractivity contribution in [3.8, 4) is 0 Å². The minimum atomic E-state index is -0.476. The first-order valence-electron chi connectivity index (χ1n) is 4.91. The van der Waals surface area contributed by atoms with Gasteiger partial charge >= 0.3 is 0 Å². The molecule has 0 unspecified atom stereocenters. The predicted molar refractivity (Wildman–Crippen MR) is 53.5 cm³/mol. The summed E-state index contributed by atoms with van der Waals surface area (Å²) < 4.78 is 1.74. The molecular weight excluding hydrogens is 192 g/mol. The number of amides is 1. The molecule has 0 saturated heterocycles. The summed E-state index contributed by atoms with van der Waals surface area (Å²) in [7, 11) is 0. The highest BCUT2D eigenvalue weighted by molar-refractivity contribution is 5.98. The molecule has 76 valence electrons. The largest absolute Gasteiger partial charge is 0.365 e. The van der Waals surface area contributed by atoms with Gasteiger partial charge < -0.3 is 5.73 Å². The first-order valence-corrected chi connectivity index (χ1v) is 4.91. The van der Waals surface area contributed by atoms with Gasteiger partial charge in [-0.3, -0.25) is 4.79 Å². The van der Waals surface area contributed by atoms with Crippen molar-refractivity contribution in [2.45, 2.75) is 19.3 Å². The van der Waals surface area contributed by atoms with E-state index in [-0.39, 0.29) is 0 Å². The Morgan fingerprint density at radius 1 is 1.40 bits per heavy atom. The highest BCUT2D eigenvalue weighted by Gasteiger charge is 2.18. The summed E-state index contributed by atoms with van der Waals surface area (Å²) in [5.41, 5.74) is 8.59. The first-order chi connectivity index (χ1) is 7.27. The number of fused-ring (bicyclic) bond motifs is 3. The lowest BCUT2D eigenvalue weighted by Crippen LogP contribution is -2.11. The smallest absolute Gasteiger partial charge is 0.254 e. The lowest BCUT2D eigenvalue weighted by Gasteiger charge is -2.01. The molecule has 2 aromatic heterocycles. The summed E-state index contributed by atoms with van der Waals surface area (Å²) in [6.07, 6.45) is 6.48. The van der Waals surface area contributed by atoms with Crippen molar-refractivity contribution in [2.75, 3.05) is 0 Å². The van der Waals surface area contributed by atoms with Crippen LogP contribution in [0.5, 0.6) is 0 Å². The van der Waals surface area contributed by atoms with E-state index < -0.39 is 5.91 Å². The van der Waals surface area contributed by atoms with E-state index in [4.69, 9.17) is 5.73 Å². The average molecular weight is 202 g/mol. The molecule has 2 aromatic rings. The second kappa shape index (κ2) is 2.79. The summed E-state index contributed by atoms with van der Waals surface area (Å²) in [6.45, 7) is 0. The van der Waals surface area contributed by atoms with E-state index in [0.29, 0.717) is 11.2 Å². The highest BCUT2D eigenvalue weighted by atomic mass is 16.1. The molecule has 0 aliphatic heterocycles. The van der Waals surface area contributed by atoms with Crippen LogP contribution in [-0.2, 0) is 12.8 Å². The maximum absolute atomic E-state index is 11.1. The minimum absolute atomic E-state index is 0.393. The number of hydrogen-bond acceptors (Lipinski definition) is 3. The summed E-state index contributed by atoms with van der Waals surface area (Å²) >= 11 is 0. The molecule has 3 rings (SSSR count). The minimum Gasteiger partial charge on any atom is -0.365 e. The van der Waals surface area contributed by atoms with Gasteiger partial charge in [-0.25, -0.2) is 9.50 Å². The fourth-order valence-electron chi connectivity index (χ4n) is 2.11. The summed E-state index contributed by atoms with van der Waals surface area (Å²) in [4.78, 5) is 15.3. The summed E-state index contributed by atoms with van der Waals surface area (Å²) in [5.74, 6) is -0.476. The second-order valence-corrected chi connectivity index (χ2v) is 3.74. The number of primary amides is 1. The highest BCUT2D eigenvalue weighted by Crippen LogP contribution is 2.22. The number of carbonyl (C=O) groups is 1. The Kier molecular flexibility index (Phi) is 1.56. The third-order valence-corrected chi connectivity index (χ3v) is 2.84. The van der Waals surface area contributed by atoms with E-state index in [1.165, 1.54) is 11.8 Å². The van der Waals surface area contributed by atoms with E-state index in [2.05, 4.69) is 10.1 Å². The van der Waals surface area contributed by atoms with Gasteiger partial charge in [-0.1, -0.05) is 0 Å². The average Bonchev–Trinajstić information content (AvgIpc) is 2.82. The van der Waals surface area contributed by atoms with E-state index >= 15 is 0 Å². The number of carbonyl (C=O) groups excluding carboxylic acids is 1. The number of nitrogens with two attached hydrogens (primary N) is 1. The fourth-order valence-corrected chi connectivity index (χ4v) is 2.11. The summed E-state index contributed by atoms with van der Waals surface area (Å²) in [5, 5.41) is 4.16. The van der Waals surface area contributed by atoms with Gasteiger partial charge in [0.25, 0.3) is 5.91 Å². The Morgan fingerprint density at radius 3 is 3.07 bits per heavy atom. The molecule has 1 aliphatic carbocycles. The van der Waals surface area contributed by atoms with Crippen LogP contribution in [0.25, 0.3) is 5.65 Å². The Labute approximate surface area is 85.9 Å². The van der Waals surface area contributed by atoms with Crippen LogP contribution in [0.4, 0.5) is 0 Å². The van der Waals surface area contributed by atoms with Crippen molar-refractivity contribution in [1.29, 1.82) is 0 Å². The number of aryl methyl sites for hydroxylation is 2. The number of hydrogen-bond donors (Lipinski definition) is 1. The van der Waals surface area contributed by atoms with Gasteiger partial charge in [0.05, 0.1) is 6.20 Å². The predicted octanol–water partition coefficient (Wildman–Crippen LogP) is 0.317. The lowest BCUT2D eigenvalue weighted by atomic mass is 10.2. The zero-order valence-corrected chi connectivity index (χ0v) is 8.10. The van der Waals surface area contributed by atoms with Crippen molar-refractivity contribution < 1.29 is 4.79 Å². The molecule has 0 atom stereocenters. The molecule has 5 nitrogen and oxygen atoms in total. The van der Waals surface area contributed by atoms with Gasteiger partial charge in [0.1, 0.15) is 5.56 Å². The molecule has 0 saturated carbocycles. The molecule has 0 aromatic carbocycles. The van der Waals surface area contributed by atoms with Crippen molar-refractivity contribution in [2.24, 2.45) is 5.73 Å². The van der Waals surface area contributed by atoms with E-state index in [0.717, 1.165) is 25.0 Å². The van der Waals surface area contributed by atoms with Gasteiger partial charge in [0, 0.05) is 11.9 Å². The number of nitrogens with zero attached hydrogens (tertiary/aromatic N) is 3. The first kappa shape index (κ1) is 8.40. The van der Waals surface area contributed by atoms with E-state index in [1.54, 1.807) is 4.52 Å². The molecule has 15 heavy (non-hydrogen) atoms. The maximum atomic E-state index is 11.1. The standard InChI is InChI=1S/C10H10N4O/c11-9(15)7-5-13-14-8-3-1-2-6(8)4-12-10(7)14/h4-5H,1-3H2,(H2,11,15). The Morgan fingerprint density at radius 2 is 2.27 bits per heavy atom. The number of aromatic nitrogens is 3. The molecular formula is C10H10N4O. The third kappa shape index (κ3) is 1.06. The van der Waals surface area contributed by atoms with Gasteiger partial charge in [0.15, 0.2) is 5.65 Å². The molecule has 0 fully saturated rings. The Hall–Kier alpha value is -1.91. The molecule has 0 bridgehead atoms. The quantitative estimate of drug-likeness (QED) is 0.723. The SMILES string of the molecule is NC(=O)c1cnn2c3c(cnc12)CCC3. The van der Waals surface area contributed by atoms with Crippen LogP contribution < -0.4 is 5.73 Å². The van der Waals surface area contributed by atoms with Crippen LogP contribution in [0.1, 0.15) is 28.0 Å². The zero-order chi connectivity index (χ0) is 10.4. The van der Waals surface area contributed by atoms with E-state index in [9.17, 15) is 4.79 Å². The molecule has 1 aliphatic rings. The zero-order valence-electron chi connectivity index (χ0n) is 8.10.